The summed E-state index contributed by atoms with van der Waals surface area (Å²) in [5, 5.41) is 15.5. The van der Waals surface area contributed by atoms with Crippen LogP contribution in [-0.2, 0) is 7.05 Å². The molecule has 2 aromatic rings. The molecule has 3 rings (SSSR count). The Bertz CT molecular complexity index is 725. The lowest BCUT2D eigenvalue weighted by atomic mass is 9.94. The first-order valence-corrected chi connectivity index (χ1v) is 6.15. The number of nitro benzene ring substituents is 1. The molecule has 0 bridgehead atoms. The zero-order valence-electron chi connectivity index (χ0n) is 11.3. The van der Waals surface area contributed by atoms with Crippen molar-refractivity contribution in [1.29, 1.82) is 0 Å². The molecule has 0 amide bonds. The van der Waals surface area contributed by atoms with Gasteiger partial charge in [0.2, 0.25) is 0 Å². The van der Waals surface area contributed by atoms with Crippen LogP contribution in [0, 0.1) is 15.9 Å². The Balaban J connectivity index is 2.39. The largest absolute Gasteiger partial charge is 0.362 e. The Morgan fingerprint density at radius 2 is 2.10 bits per heavy atom. The molecule has 0 radical (unpaired) electrons. The molecule has 0 saturated carbocycles. The number of benzene rings is 1. The number of anilines is 1. The summed E-state index contributed by atoms with van der Waals surface area (Å²) in [6.45, 7) is 1.94. The van der Waals surface area contributed by atoms with E-state index in [9.17, 15) is 14.5 Å². The second-order valence-corrected chi connectivity index (χ2v) is 4.97. The van der Waals surface area contributed by atoms with Gasteiger partial charge < -0.3 is 4.90 Å². The molecule has 0 aliphatic carbocycles. The summed E-state index contributed by atoms with van der Waals surface area (Å²) < 4.78 is 15.3. The third-order valence-electron chi connectivity index (χ3n) is 3.75. The van der Waals surface area contributed by atoms with Crippen molar-refractivity contribution in [3.05, 3.63) is 39.8 Å². The van der Waals surface area contributed by atoms with Crippen LogP contribution in [0.2, 0.25) is 0 Å². The van der Waals surface area contributed by atoms with E-state index in [-0.39, 0.29) is 11.7 Å². The van der Waals surface area contributed by atoms with Crippen LogP contribution in [0.4, 0.5) is 15.8 Å². The average Bonchev–Trinajstić information content (AvgIpc) is 2.77. The molecule has 0 saturated heterocycles. The number of aryl methyl sites for hydroxylation is 1. The van der Waals surface area contributed by atoms with Crippen molar-refractivity contribution in [3.63, 3.8) is 0 Å². The Hall–Kier alpha value is -2.44. The molecule has 7 heteroatoms. The van der Waals surface area contributed by atoms with Crippen LogP contribution in [0.3, 0.4) is 0 Å². The summed E-state index contributed by atoms with van der Waals surface area (Å²) in [6.07, 6.45) is 1.86. The second-order valence-electron chi connectivity index (χ2n) is 4.97. The van der Waals surface area contributed by atoms with Gasteiger partial charge in [0.05, 0.1) is 22.7 Å². The van der Waals surface area contributed by atoms with E-state index in [1.165, 1.54) is 6.07 Å². The smallest absolute Gasteiger partial charge is 0.296 e. The van der Waals surface area contributed by atoms with Crippen LogP contribution in [-0.4, -0.2) is 21.8 Å². The van der Waals surface area contributed by atoms with E-state index in [0.29, 0.717) is 16.9 Å². The van der Waals surface area contributed by atoms with Crippen molar-refractivity contribution in [1.82, 2.24) is 9.78 Å². The summed E-state index contributed by atoms with van der Waals surface area (Å²) in [5.74, 6) is -0.630. The number of nitro groups is 1. The zero-order chi connectivity index (χ0) is 14.6. The fourth-order valence-electron chi connectivity index (χ4n) is 2.70. The normalized spacial score (nSPS) is 16.8. The number of nitrogens with zero attached hydrogens (tertiary/aromatic N) is 4. The first kappa shape index (κ1) is 12.6. The van der Waals surface area contributed by atoms with Crippen molar-refractivity contribution in [2.75, 3.05) is 11.9 Å². The van der Waals surface area contributed by atoms with Gasteiger partial charge >= 0.3 is 0 Å². The fourth-order valence-corrected chi connectivity index (χ4v) is 2.70. The molecule has 0 N–H and O–H groups in total. The Morgan fingerprint density at radius 3 is 2.75 bits per heavy atom. The van der Waals surface area contributed by atoms with Crippen molar-refractivity contribution in [2.24, 2.45) is 7.05 Å². The van der Waals surface area contributed by atoms with Crippen LogP contribution in [0.15, 0.2) is 18.3 Å². The van der Waals surface area contributed by atoms with Crippen molar-refractivity contribution in [2.45, 2.75) is 13.0 Å². The monoisotopic (exact) mass is 276 g/mol. The highest BCUT2D eigenvalue weighted by Gasteiger charge is 2.34. The van der Waals surface area contributed by atoms with Crippen LogP contribution in [0.25, 0.3) is 11.3 Å². The molecule has 1 aliphatic heterocycles. The second kappa shape index (κ2) is 4.03. The molecule has 1 aliphatic rings. The van der Waals surface area contributed by atoms with Gasteiger partial charge in [0.15, 0.2) is 0 Å². The van der Waals surface area contributed by atoms with E-state index in [2.05, 4.69) is 5.10 Å². The predicted octanol–water partition coefficient (Wildman–Crippen LogP) is 2.65. The summed E-state index contributed by atoms with van der Waals surface area (Å²) in [7, 11) is 3.54. The maximum atomic E-state index is 13.7. The molecule has 0 fully saturated rings. The van der Waals surface area contributed by atoms with Crippen LogP contribution < -0.4 is 4.90 Å². The maximum Gasteiger partial charge on any atom is 0.296 e. The van der Waals surface area contributed by atoms with E-state index in [1.807, 2.05) is 13.1 Å². The van der Waals surface area contributed by atoms with E-state index in [0.717, 1.165) is 11.6 Å². The molecule has 6 nitrogen and oxygen atoms in total. The lowest BCUT2D eigenvalue weighted by molar-refractivity contribution is -0.384. The minimum atomic E-state index is -0.630. The molecule has 0 spiro atoms. The van der Waals surface area contributed by atoms with Crippen LogP contribution in [0.1, 0.15) is 18.5 Å². The first-order valence-electron chi connectivity index (χ1n) is 6.15. The van der Waals surface area contributed by atoms with Gasteiger partial charge in [-0.2, -0.15) is 5.10 Å². The minimum Gasteiger partial charge on any atom is -0.362 e. The summed E-state index contributed by atoms with van der Waals surface area (Å²) in [6, 6.07) is 2.20. The number of fused-ring (bicyclic) bond motifs is 3. The van der Waals surface area contributed by atoms with E-state index >= 15 is 0 Å². The number of rotatable bonds is 1. The predicted molar refractivity (Wildman–Crippen MR) is 72.1 cm³/mol. The van der Waals surface area contributed by atoms with Gasteiger partial charge in [0.25, 0.3) is 5.69 Å². The van der Waals surface area contributed by atoms with Gasteiger partial charge in [-0.15, -0.1) is 0 Å². The first-order chi connectivity index (χ1) is 9.40. The number of hydrogen-bond acceptors (Lipinski definition) is 4. The van der Waals surface area contributed by atoms with Gasteiger partial charge in [-0.25, -0.2) is 4.39 Å². The molecule has 104 valence electrons. The van der Waals surface area contributed by atoms with Crippen molar-refractivity contribution >= 4 is 11.4 Å². The Morgan fingerprint density at radius 1 is 1.40 bits per heavy atom. The Kier molecular flexibility index (Phi) is 2.53. The van der Waals surface area contributed by atoms with Crippen LogP contribution >= 0.6 is 0 Å². The van der Waals surface area contributed by atoms with E-state index in [4.69, 9.17) is 0 Å². The maximum absolute atomic E-state index is 13.7. The summed E-state index contributed by atoms with van der Waals surface area (Å²) in [4.78, 5) is 12.4. The standard InChI is InChI=1S/C13H13FN4O2/c1-7-10-6-16(2)15-12(10)9-4-8(14)5-11(18(19)20)13(9)17(7)3/h4-7H,1-3H3. The molecular weight excluding hydrogens is 263 g/mol. The SMILES string of the molecule is CC1c2cn(C)nc2-c2cc(F)cc([N+](=O)[O-])c2N1C. The number of halogens is 1. The van der Waals surface area contributed by atoms with Gasteiger partial charge in [0, 0.05) is 31.4 Å². The fraction of sp³-hybridized carbons (Fsp3) is 0.308. The van der Waals surface area contributed by atoms with Gasteiger partial charge in [-0.3, -0.25) is 14.8 Å². The summed E-state index contributed by atoms with van der Waals surface area (Å²) >= 11 is 0. The van der Waals surface area contributed by atoms with Crippen LogP contribution in [0.5, 0.6) is 0 Å². The highest BCUT2D eigenvalue weighted by molar-refractivity contribution is 5.88. The lowest BCUT2D eigenvalue weighted by Gasteiger charge is -2.32. The van der Waals surface area contributed by atoms with Crippen molar-refractivity contribution in [3.8, 4) is 11.3 Å². The van der Waals surface area contributed by atoms with Gasteiger partial charge in [-0.1, -0.05) is 0 Å². The molecule has 20 heavy (non-hydrogen) atoms. The van der Waals surface area contributed by atoms with Gasteiger partial charge in [-0.05, 0) is 13.0 Å². The molecule has 1 aromatic carbocycles. The summed E-state index contributed by atoms with van der Waals surface area (Å²) in [5.41, 5.74) is 2.19. The molecular formula is C13H13FN4O2. The zero-order valence-corrected chi connectivity index (χ0v) is 11.3. The minimum absolute atomic E-state index is 0.0599. The van der Waals surface area contributed by atoms with E-state index < -0.39 is 10.7 Å². The third kappa shape index (κ3) is 1.59. The Labute approximate surface area is 114 Å². The highest BCUT2D eigenvalue weighted by Crippen LogP contribution is 2.47. The molecule has 1 aromatic heterocycles. The lowest BCUT2D eigenvalue weighted by Crippen LogP contribution is -2.26. The molecule has 2 heterocycles. The van der Waals surface area contributed by atoms with Crippen molar-refractivity contribution < 1.29 is 9.31 Å². The average molecular weight is 276 g/mol. The molecule has 1 unspecified atom stereocenters. The molecule has 1 atom stereocenters. The highest BCUT2D eigenvalue weighted by atomic mass is 19.1. The third-order valence-corrected chi connectivity index (χ3v) is 3.75. The quantitative estimate of drug-likeness (QED) is 0.593. The number of aromatic nitrogens is 2. The number of hydrogen-bond donors (Lipinski definition) is 0. The topological polar surface area (TPSA) is 64.2 Å². The van der Waals surface area contributed by atoms with E-state index in [1.54, 1.807) is 23.7 Å². The van der Waals surface area contributed by atoms with Gasteiger partial charge in [0.1, 0.15) is 11.5 Å².